The van der Waals surface area contributed by atoms with E-state index in [0.29, 0.717) is 13.0 Å². The van der Waals surface area contributed by atoms with Crippen LogP contribution in [0.15, 0.2) is 23.2 Å². The summed E-state index contributed by atoms with van der Waals surface area (Å²) in [5.41, 5.74) is 6.45. The maximum atomic E-state index is 11.3. The maximum Gasteiger partial charge on any atom is 0.217 e. The summed E-state index contributed by atoms with van der Waals surface area (Å²) in [5.74, 6) is 2.50. The molecule has 1 aliphatic carbocycles. The maximum absolute atomic E-state index is 11.3. The number of aliphatic imine (C=N–C) groups is 1. The third-order valence-corrected chi connectivity index (χ3v) is 5.82. The van der Waals surface area contributed by atoms with Crippen LogP contribution < -0.4 is 20.5 Å². The van der Waals surface area contributed by atoms with Gasteiger partial charge in [0.1, 0.15) is 0 Å². The lowest BCUT2D eigenvalue weighted by Crippen LogP contribution is -2.46. The first-order valence-corrected chi connectivity index (χ1v) is 10.7. The van der Waals surface area contributed by atoms with Crippen molar-refractivity contribution in [3.05, 3.63) is 23.8 Å². The molecule has 1 atom stereocenters. The van der Waals surface area contributed by atoms with Crippen molar-refractivity contribution in [3.8, 4) is 11.5 Å². The number of amides is 1. The second-order valence-corrected chi connectivity index (χ2v) is 8.00. The fourth-order valence-corrected chi connectivity index (χ4v) is 4.38. The molecule has 3 rings (SSSR count). The van der Waals surface area contributed by atoms with E-state index in [0.717, 1.165) is 61.8 Å². The lowest BCUT2D eigenvalue weighted by atomic mass is 9.95. The second kappa shape index (κ2) is 10.4. The number of hydrogen-bond donors (Lipinski definition) is 2. The third-order valence-electron chi connectivity index (χ3n) is 5.82. The first-order valence-electron chi connectivity index (χ1n) is 10.7. The van der Waals surface area contributed by atoms with Crippen LogP contribution >= 0.6 is 0 Å². The van der Waals surface area contributed by atoms with Crippen LogP contribution in [0.5, 0.6) is 11.5 Å². The van der Waals surface area contributed by atoms with E-state index in [4.69, 9.17) is 15.2 Å². The van der Waals surface area contributed by atoms with Crippen molar-refractivity contribution in [1.82, 2.24) is 10.2 Å². The van der Waals surface area contributed by atoms with Crippen molar-refractivity contribution in [2.45, 2.75) is 57.6 Å². The number of carbonyl (C=O) groups is 1. The average molecular weight is 403 g/mol. The highest BCUT2D eigenvalue weighted by atomic mass is 16.5. The summed E-state index contributed by atoms with van der Waals surface area (Å²) in [7, 11) is 3.47. The summed E-state index contributed by atoms with van der Waals surface area (Å²) in [6, 6.07) is 6.00. The number of piperidine rings is 1. The van der Waals surface area contributed by atoms with E-state index < -0.39 is 0 Å². The normalized spacial score (nSPS) is 20.6. The van der Waals surface area contributed by atoms with E-state index in [2.05, 4.69) is 21.3 Å². The van der Waals surface area contributed by atoms with Gasteiger partial charge in [0, 0.05) is 38.7 Å². The van der Waals surface area contributed by atoms with E-state index in [-0.39, 0.29) is 17.9 Å². The van der Waals surface area contributed by atoms with E-state index in [9.17, 15) is 4.79 Å². The average Bonchev–Trinajstić information content (AvgIpc) is 3.22. The molecule has 0 aromatic heterocycles. The molecule has 1 saturated heterocycles. The van der Waals surface area contributed by atoms with Gasteiger partial charge in [-0.05, 0) is 50.5 Å². The standard InChI is InChI=1S/C22H34N4O3/c1-24-22(26-12-6-7-16(15-26)13-20(23)27)25-14-17-8-5-11-19(28-2)21(17)29-18-9-3-4-10-18/h5,8,11,16,18H,3-4,6-7,9-10,12-15H2,1-2H3,(H2,23,27)(H,24,25). The Labute approximate surface area is 173 Å². The molecule has 1 aromatic carbocycles. The number of primary amides is 1. The minimum absolute atomic E-state index is 0.232. The Kier molecular flexibility index (Phi) is 7.61. The molecule has 1 heterocycles. The zero-order chi connectivity index (χ0) is 20.6. The minimum atomic E-state index is -0.232. The van der Waals surface area contributed by atoms with E-state index in [1.807, 2.05) is 12.1 Å². The lowest BCUT2D eigenvalue weighted by Gasteiger charge is -2.34. The number of guanidine groups is 1. The van der Waals surface area contributed by atoms with Gasteiger partial charge in [-0.3, -0.25) is 9.79 Å². The number of nitrogens with two attached hydrogens (primary N) is 1. The highest BCUT2D eigenvalue weighted by molar-refractivity contribution is 5.80. The fourth-order valence-electron chi connectivity index (χ4n) is 4.38. The van der Waals surface area contributed by atoms with Crippen LogP contribution in [0.4, 0.5) is 0 Å². The lowest BCUT2D eigenvalue weighted by molar-refractivity contribution is -0.119. The number of likely N-dealkylation sites (tertiary alicyclic amines) is 1. The van der Waals surface area contributed by atoms with Crippen molar-refractivity contribution in [3.63, 3.8) is 0 Å². The number of para-hydroxylation sites is 1. The topological polar surface area (TPSA) is 89.2 Å². The molecular formula is C22H34N4O3. The molecule has 3 N–H and O–H groups in total. The van der Waals surface area contributed by atoms with Crippen molar-refractivity contribution in [2.24, 2.45) is 16.6 Å². The van der Waals surface area contributed by atoms with Gasteiger partial charge in [-0.2, -0.15) is 0 Å². The zero-order valence-electron chi connectivity index (χ0n) is 17.7. The Morgan fingerprint density at radius 2 is 2.07 bits per heavy atom. The molecule has 2 fully saturated rings. The predicted molar refractivity (Wildman–Crippen MR) is 114 cm³/mol. The largest absolute Gasteiger partial charge is 0.493 e. The molecular weight excluding hydrogens is 368 g/mol. The molecule has 1 aliphatic heterocycles. The van der Waals surface area contributed by atoms with Crippen LogP contribution in [0, 0.1) is 5.92 Å². The molecule has 7 nitrogen and oxygen atoms in total. The summed E-state index contributed by atoms with van der Waals surface area (Å²) in [5, 5.41) is 3.47. The Morgan fingerprint density at radius 1 is 1.28 bits per heavy atom. The number of ether oxygens (including phenoxy) is 2. The second-order valence-electron chi connectivity index (χ2n) is 8.00. The molecule has 0 radical (unpaired) electrons. The molecule has 1 amide bonds. The molecule has 0 bridgehead atoms. The summed E-state index contributed by atoms with van der Waals surface area (Å²) in [6.45, 7) is 2.33. The number of carbonyl (C=O) groups excluding carboxylic acids is 1. The molecule has 160 valence electrons. The quantitative estimate of drug-likeness (QED) is 0.541. The fraction of sp³-hybridized carbons (Fsp3) is 0.636. The molecule has 29 heavy (non-hydrogen) atoms. The molecule has 7 heteroatoms. The first-order chi connectivity index (χ1) is 14.1. The zero-order valence-corrected chi connectivity index (χ0v) is 17.7. The summed E-state index contributed by atoms with van der Waals surface area (Å²) in [6.07, 6.45) is 7.41. The van der Waals surface area contributed by atoms with E-state index in [1.54, 1.807) is 14.2 Å². The van der Waals surface area contributed by atoms with Crippen molar-refractivity contribution in [2.75, 3.05) is 27.2 Å². The van der Waals surface area contributed by atoms with Crippen LogP contribution in [0.2, 0.25) is 0 Å². The van der Waals surface area contributed by atoms with Crippen molar-refractivity contribution < 1.29 is 14.3 Å². The van der Waals surface area contributed by atoms with Crippen molar-refractivity contribution >= 4 is 11.9 Å². The Hall–Kier alpha value is -2.44. The van der Waals surface area contributed by atoms with Gasteiger partial charge in [-0.1, -0.05) is 12.1 Å². The highest BCUT2D eigenvalue weighted by Gasteiger charge is 2.24. The number of nitrogens with one attached hydrogen (secondary N) is 1. The number of benzene rings is 1. The predicted octanol–water partition coefficient (Wildman–Crippen LogP) is 2.68. The van der Waals surface area contributed by atoms with Gasteiger partial charge in [-0.25, -0.2) is 0 Å². The molecule has 0 spiro atoms. The Morgan fingerprint density at radius 3 is 2.76 bits per heavy atom. The van der Waals surface area contributed by atoms with Gasteiger partial charge in [0.25, 0.3) is 0 Å². The van der Waals surface area contributed by atoms with Crippen molar-refractivity contribution in [1.29, 1.82) is 0 Å². The molecule has 2 aliphatic rings. The van der Waals surface area contributed by atoms with Crippen LogP contribution in [0.3, 0.4) is 0 Å². The number of hydrogen-bond acceptors (Lipinski definition) is 4. The summed E-state index contributed by atoms with van der Waals surface area (Å²) in [4.78, 5) is 18.0. The Balaban J connectivity index is 1.66. The molecule has 1 unspecified atom stereocenters. The van der Waals surface area contributed by atoms with Crippen LogP contribution in [-0.4, -0.2) is 50.1 Å². The van der Waals surface area contributed by atoms with Gasteiger partial charge in [0.15, 0.2) is 17.5 Å². The number of nitrogens with zero attached hydrogens (tertiary/aromatic N) is 2. The van der Waals surface area contributed by atoms with Gasteiger partial charge in [-0.15, -0.1) is 0 Å². The molecule has 1 aromatic rings. The summed E-state index contributed by atoms with van der Waals surface area (Å²) < 4.78 is 11.9. The van der Waals surface area contributed by atoms with E-state index >= 15 is 0 Å². The van der Waals surface area contributed by atoms with Gasteiger partial charge in [0.05, 0.1) is 13.2 Å². The highest BCUT2D eigenvalue weighted by Crippen LogP contribution is 2.34. The first kappa shape index (κ1) is 21.3. The monoisotopic (exact) mass is 402 g/mol. The van der Waals surface area contributed by atoms with Crippen LogP contribution in [0.25, 0.3) is 0 Å². The van der Waals surface area contributed by atoms with Crippen LogP contribution in [-0.2, 0) is 11.3 Å². The minimum Gasteiger partial charge on any atom is -0.493 e. The van der Waals surface area contributed by atoms with E-state index in [1.165, 1.54) is 12.8 Å². The SMILES string of the molecule is CN=C(NCc1cccc(OC)c1OC1CCCC1)N1CCCC(CC(N)=O)C1. The molecule has 1 saturated carbocycles. The smallest absolute Gasteiger partial charge is 0.217 e. The number of rotatable bonds is 7. The van der Waals surface area contributed by atoms with Crippen LogP contribution in [0.1, 0.15) is 50.5 Å². The third kappa shape index (κ3) is 5.78. The van der Waals surface area contributed by atoms with Gasteiger partial charge < -0.3 is 25.4 Å². The Bertz CT molecular complexity index is 716. The van der Waals surface area contributed by atoms with Gasteiger partial charge in [0.2, 0.25) is 5.91 Å². The van der Waals surface area contributed by atoms with Gasteiger partial charge >= 0.3 is 0 Å². The number of methoxy groups -OCH3 is 1. The summed E-state index contributed by atoms with van der Waals surface area (Å²) >= 11 is 0.